The maximum atomic E-state index is 5.94. The van der Waals surface area contributed by atoms with E-state index >= 15 is 0 Å². The van der Waals surface area contributed by atoms with Gasteiger partial charge in [-0.05, 0) is 30.7 Å². The summed E-state index contributed by atoms with van der Waals surface area (Å²) in [5.41, 5.74) is 0.878. The molecule has 3 rings (SSSR count). The van der Waals surface area contributed by atoms with E-state index in [-0.39, 0.29) is 0 Å². The highest BCUT2D eigenvalue weighted by atomic mass is 35.5. The Bertz CT molecular complexity index is 675. The van der Waals surface area contributed by atoms with Crippen molar-refractivity contribution in [3.05, 3.63) is 29.3 Å². The Balaban J connectivity index is 1.81. The molecule has 8 heteroatoms. The third-order valence-electron chi connectivity index (χ3n) is 3.83. The van der Waals surface area contributed by atoms with Crippen molar-refractivity contribution in [2.24, 2.45) is 0 Å². The molecule has 0 bridgehead atoms. The summed E-state index contributed by atoms with van der Waals surface area (Å²) in [6.07, 6.45) is 2.18. The van der Waals surface area contributed by atoms with E-state index in [1.165, 1.54) is 0 Å². The van der Waals surface area contributed by atoms with E-state index in [1.807, 2.05) is 24.3 Å². The quantitative estimate of drug-likeness (QED) is 0.732. The predicted molar refractivity (Wildman–Crippen MR) is 101 cm³/mol. The van der Waals surface area contributed by atoms with Crippen LogP contribution in [0.3, 0.4) is 0 Å². The van der Waals surface area contributed by atoms with Crippen LogP contribution in [0, 0.1) is 0 Å². The minimum atomic E-state index is 0.512. The van der Waals surface area contributed by atoms with Crippen LogP contribution >= 0.6 is 11.6 Å². The van der Waals surface area contributed by atoms with E-state index in [0.29, 0.717) is 36.1 Å². The van der Waals surface area contributed by atoms with Crippen molar-refractivity contribution in [2.45, 2.75) is 19.8 Å². The number of hydrogen-bond donors (Lipinski definition) is 2. The molecule has 0 unspecified atom stereocenters. The molecule has 0 radical (unpaired) electrons. The second-order valence-electron chi connectivity index (χ2n) is 5.79. The standard InChI is InChI=1S/C17H23ClN6O/c1-2-3-8-19-15-21-16(20-14-6-4-13(18)5-7-14)23-17(22-15)24-9-11-25-12-10-24/h4-7H,2-3,8-12H2,1H3,(H2,19,20,21,22,23). The van der Waals surface area contributed by atoms with Crippen LogP contribution in [0.15, 0.2) is 24.3 Å². The summed E-state index contributed by atoms with van der Waals surface area (Å²) in [6.45, 7) is 5.91. The first-order chi connectivity index (χ1) is 12.2. The summed E-state index contributed by atoms with van der Waals surface area (Å²) in [7, 11) is 0. The zero-order valence-corrected chi connectivity index (χ0v) is 15.1. The molecule has 0 atom stereocenters. The number of ether oxygens (including phenoxy) is 1. The second-order valence-corrected chi connectivity index (χ2v) is 6.23. The van der Waals surface area contributed by atoms with E-state index in [9.17, 15) is 0 Å². The van der Waals surface area contributed by atoms with Gasteiger partial charge in [0.05, 0.1) is 13.2 Å². The minimum absolute atomic E-state index is 0.512. The molecule has 134 valence electrons. The molecule has 2 heterocycles. The number of nitrogens with one attached hydrogen (secondary N) is 2. The fourth-order valence-corrected chi connectivity index (χ4v) is 2.57. The first-order valence-corrected chi connectivity index (χ1v) is 8.97. The number of benzene rings is 1. The Hall–Kier alpha value is -2.12. The average molecular weight is 363 g/mol. The molecule has 0 saturated carbocycles. The van der Waals surface area contributed by atoms with Gasteiger partial charge < -0.3 is 20.3 Å². The number of morpholine rings is 1. The number of unbranched alkanes of at least 4 members (excludes halogenated alkanes) is 1. The molecule has 0 aliphatic carbocycles. The fraction of sp³-hybridized carbons (Fsp3) is 0.471. The lowest BCUT2D eigenvalue weighted by atomic mass is 10.3. The van der Waals surface area contributed by atoms with Crippen molar-refractivity contribution >= 4 is 35.1 Å². The van der Waals surface area contributed by atoms with E-state index in [2.05, 4.69) is 37.4 Å². The maximum Gasteiger partial charge on any atom is 0.233 e. The smallest absolute Gasteiger partial charge is 0.233 e. The SMILES string of the molecule is CCCCNc1nc(Nc2ccc(Cl)cc2)nc(N2CCOCC2)n1. The highest BCUT2D eigenvalue weighted by Crippen LogP contribution is 2.20. The van der Waals surface area contributed by atoms with Crippen molar-refractivity contribution in [1.82, 2.24) is 15.0 Å². The van der Waals surface area contributed by atoms with Gasteiger partial charge in [-0.2, -0.15) is 15.0 Å². The second kappa shape index (κ2) is 8.82. The molecule has 1 aliphatic rings. The number of anilines is 4. The monoisotopic (exact) mass is 362 g/mol. The topological polar surface area (TPSA) is 75.2 Å². The molecule has 7 nitrogen and oxygen atoms in total. The van der Waals surface area contributed by atoms with Gasteiger partial charge in [0.15, 0.2) is 0 Å². The Morgan fingerprint density at radius 3 is 2.52 bits per heavy atom. The summed E-state index contributed by atoms with van der Waals surface area (Å²) in [5.74, 6) is 1.76. The van der Waals surface area contributed by atoms with Crippen molar-refractivity contribution in [3.63, 3.8) is 0 Å². The lowest BCUT2D eigenvalue weighted by Gasteiger charge is -2.27. The average Bonchev–Trinajstić information content (AvgIpc) is 2.64. The van der Waals surface area contributed by atoms with Crippen LogP contribution < -0.4 is 15.5 Å². The van der Waals surface area contributed by atoms with Gasteiger partial charge in [0, 0.05) is 30.3 Å². The molecule has 2 aromatic rings. The number of aromatic nitrogens is 3. The third kappa shape index (κ3) is 5.17. The van der Waals surface area contributed by atoms with Gasteiger partial charge >= 0.3 is 0 Å². The fourth-order valence-electron chi connectivity index (χ4n) is 2.44. The molecule has 1 aliphatic heterocycles. The van der Waals surface area contributed by atoms with Crippen LogP contribution in [0.5, 0.6) is 0 Å². The van der Waals surface area contributed by atoms with Gasteiger partial charge in [-0.25, -0.2) is 0 Å². The summed E-state index contributed by atoms with van der Waals surface area (Å²) >= 11 is 5.94. The Kier molecular flexibility index (Phi) is 6.25. The molecule has 1 saturated heterocycles. The zero-order chi connectivity index (χ0) is 17.5. The molecule has 1 aromatic heterocycles. The Morgan fingerprint density at radius 2 is 1.80 bits per heavy atom. The van der Waals surface area contributed by atoms with Crippen molar-refractivity contribution in [3.8, 4) is 0 Å². The molecule has 25 heavy (non-hydrogen) atoms. The van der Waals surface area contributed by atoms with Gasteiger partial charge in [-0.15, -0.1) is 0 Å². The van der Waals surface area contributed by atoms with Crippen LogP contribution in [0.1, 0.15) is 19.8 Å². The van der Waals surface area contributed by atoms with Crippen LogP contribution in [0.4, 0.5) is 23.5 Å². The largest absolute Gasteiger partial charge is 0.378 e. The minimum Gasteiger partial charge on any atom is -0.378 e. The van der Waals surface area contributed by atoms with E-state index in [0.717, 1.165) is 38.2 Å². The van der Waals surface area contributed by atoms with Crippen LogP contribution in [0.25, 0.3) is 0 Å². The zero-order valence-electron chi connectivity index (χ0n) is 14.3. The number of nitrogens with zero attached hydrogens (tertiary/aromatic N) is 4. The molecule has 0 spiro atoms. The Morgan fingerprint density at radius 1 is 1.08 bits per heavy atom. The van der Waals surface area contributed by atoms with Gasteiger partial charge in [0.1, 0.15) is 0 Å². The van der Waals surface area contributed by atoms with Crippen molar-refractivity contribution in [2.75, 3.05) is 48.4 Å². The number of rotatable bonds is 7. The maximum absolute atomic E-state index is 5.94. The summed E-state index contributed by atoms with van der Waals surface area (Å²) in [5, 5.41) is 7.19. The summed E-state index contributed by atoms with van der Waals surface area (Å²) in [4.78, 5) is 15.7. The van der Waals surface area contributed by atoms with Gasteiger partial charge in [-0.3, -0.25) is 0 Å². The molecule has 1 aromatic carbocycles. The molecule has 0 amide bonds. The summed E-state index contributed by atoms with van der Waals surface area (Å²) in [6, 6.07) is 7.44. The van der Waals surface area contributed by atoms with Gasteiger partial charge in [-0.1, -0.05) is 24.9 Å². The lowest BCUT2D eigenvalue weighted by Crippen LogP contribution is -2.37. The predicted octanol–water partition coefficient (Wildman–Crippen LogP) is 3.32. The van der Waals surface area contributed by atoms with Gasteiger partial charge in [0.2, 0.25) is 17.8 Å². The van der Waals surface area contributed by atoms with Crippen molar-refractivity contribution < 1.29 is 4.74 Å². The first-order valence-electron chi connectivity index (χ1n) is 8.60. The van der Waals surface area contributed by atoms with Gasteiger partial charge in [0.25, 0.3) is 0 Å². The number of halogens is 1. The molecule has 2 N–H and O–H groups in total. The third-order valence-corrected chi connectivity index (χ3v) is 4.08. The Labute approximate surface area is 152 Å². The molecular formula is C17H23ClN6O. The highest BCUT2D eigenvalue weighted by molar-refractivity contribution is 6.30. The van der Waals surface area contributed by atoms with E-state index in [1.54, 1.807) is 0 Å². The van der Waals surface area contributed by atoms with Crippen LogP contribution in [-0.2, 0) is 4.74 Å². The molecular weight excluding hydrogens is 340 g/mol. The number of hydrogen-bond acceptors (Lipinski definition) is 7. The van der Waals surface area contributed by atoms with Crippen molar-refractivity contribution in [1.29, 1.82) is 0 Å². The van der Waals surface area contributed by atoms with Crippen LogP contribution in [0.2, 0.25) is 5.02 Å². The molecule has 1 fully saturated rings. The van der Waals surface area contributed by atoms with E-state index in [4.69, 9.17) is 16.3 Å². The lowest BCUT2D eigenvalue weighted by molar-refractivity contribution is 0.122. The summed E-state index contributed by atoms with van der Waals surface area (Å²) < 4.78 is 5.41. The first kappa shape index (κ1) is 17.7. The highest BCUT2D eigenvalue weighted by Gasteiger charge is 2.16. The van der Waals surface area contributed by atoms with E-state index < -0.39 is 0 Å². The van der Waals surface area contributed by atoms with Crippen LogP contribution in [-0.4, -0.2) is 47.8 Å². The normalized spacial score (nSPS) is 14.4.